The summed E-state index contributed by atoms with van der Waals surface area (Å²) in [5.74, 6) is 0. The van der Waals surface area contributed by atoms with E-state index in [2.05, 4.69) is 124 Å². The van der Waals surface area contributed by atoms with E-state index >= 15 is 0 Å². The molecule has 1 spiro atoms. The number of hydrogen-bond donors (Lipinski definition) is 0. The van der Waals surface area contributed by atoms with Crippen LogP contribution in [0.25, 0.3) is 11.1 Å². The molecule has 5 aromatic rings. The zero-order valence-electron chi connectivity index (χ0n) is 21.2. The van der Waals surface area contributed by atoms with Crippen LogP contribution in [-0.2, 0) is 18.3 Å². The lowest BCUT2D eigenvalue weighted by Crippen LogP contribution is -2.34. The number of hydrogen-bond acceptors (Lipinski definition) is 0. The number of rotatable bonds is 2. The van der Waals surface area contributed by atoms with Crippen molar-refractivity contribution in [3.8, 4) is 11.1 Å². The minimum absolute atomic E-state index is 0.275. The fourth-order valence-electron chi connectivity index (χ4n) is 7.12. The van der Waals surface area contributed by atoms with Gasteiger partial charge in [-0.15, -0.1) is 0 Å². The van der Waals surface area contributed by atoms with Gasteiger partial charge in [0.2, 0.25) is 0 Å². The second-order valence-corrected chi connectivity index (χ2v) is 10.8. The van der Waals surface area contributed by atoms with Crippen molar-refractivity contribution in [3.63, 3.8) is 0 Å². The third-order valence-electron chi connectivity index (χ3n) is 8.30. The van der Waals surface area contributed by atoms with E-state index in [0.717, 1.165) is 12.8 Å². The average Bonchev–Trinajstić information content (AvgIpc) is 3.15. The van der Waals surface area contributed by atoms with Crippen molar-refractivity contribution in [3.05, 3.63) is 164 Å². The van der Waals surface area contributed by atoms with Gasteiger partial charge in [0, 0.05) is 0 Å². The Morgan fingerprint density at radius 3 is 1.89 bits per heavy atom. The molecule has 0 atom stereocenters. The van der Waals surface area contributed by atoms with Crippen LogP contribution < -0.4 is 0 Å². The number of benzene rings is 5. The standard InChI is InChI=1S/C36H30/c1-23-15-16-33-30(20-23)35-29(21-26-18-24(2)17-25(3)19-26)11-8-14-34(35)36(33)31-12-6-4-9-27(31)22-28-10-5-7-13-32(28)36/h4-20H,21-22H2,1-3H3. The highest BCUT2D eigenvalue weighted by atomic mass is 14.5. The minimum atomic E-state index is -0.275. The molecule has 0 fully saturated rings. The Labute approximate surface area is 214 Å². The molecule has 0 aliphatic heterocycles. The summed E-state index contributed by atoms with van der Waals surface area (Å²) in [5, 5.41) is 0. The van der Waals surface area contributed by atoms with Gasteiger partial charge in [0.25, 0.3) is 0 Å². The molecule has 0 amide bonds. The maximum atomic E-state index is 2.42. The number of aryl methyl sites for hydroxylation is 3. The molecule has 5 aromatic carbocycles. The highest BCUT2D eigenvalue weighted by Gasteiger charge is 2.50. The van der Waals surface area contributed by atoms with Gasteiger partial charge in [0.1, 0.15) is 0 Å². The van der Waals surface area contributed by atoms with Gasteiger partial charge in [0.05, 0.1) is 5.41 Å². The van der Waals surface area contributed by atoms with Gasteiger partial charge in [-0.3, -0.25) is 0 Å². The zero-order valence-corrected chi connectivity index (χ0v) is 21.2. The molecule has 36 heavy (non-hydrogen) atoms. The summed E-state index contributed by atoms with van der Waals surface area (Å²) in [7, 11) is 0. The Bertz CT molecular complexity index is 1600. The highest BCUT2D eigenvalue weighted by Crippen LogP contribution is 2.60. The lowest BCUT2D eigenvalue weighted by molar-refractivity contribution is 0.721. The average molecular weight is 463 g/mol. The van der Waals surface area contributed by atoms with E-state index in [9.17, 15) is 0 Å². The normalized spacial score (nSPS) is 14.2. The second kappa shape index (κ2) is 7.80. The van der Waals surface area contributed by atoms with Crippen molar-refractivity contribution < 1.29 is 0 Å². The molecular weight excluding hydrogens is 432 g/mol. The van der Waals surface area contributed by atoms with Crippen molar-refractivity contribution in [2.45, 2.75) is 39.0 Å². The first kappa shape index (κ1) is 21.4. The second-order valence-electron chi connectivity index (χ2n) is 10.8. The molecular formula is C36H30. The molecule has 0 heterocycles. The summed E-state index contributed by atoms with van der Waals surface area (Å²) in [5.41, 5.74) is 18.0. The topological polar surface area (TPSA) is 0 Å². The Balaban J connectivity index is 1.58. The predicted molar refractivity (Wildman–Crippen MR) is 150 cm³/mol. The van der Waals surface area contributed by atoms with Crippen LogP contribution in [0.15, 0.2) is 103 Å². The molecule has 2 aliphatic carbocycles. The number of fused-ring (bicyclic) bond motifs is 9. The summed E-state index contributed by atoms with van der Waals surface area (Å²) in [6.07, 6.45) is 1.94. The Morgan fingerprint density at radius 2 is 1.19 bits per heavy atom. The lowest BCUT2D eigenvalue weighted by Gasteiger charge is -2.40. The van der Waals surface area contributed by atoms with Crippen LogP contribution in [0, 0.1) is 20.8 Å². The Kier molecular flexibility index (Phi) is 4.63. The molecule has 0 heteroatoms. The molecule has 0 aromatic heterocycles. The fourth-order valence-corrected chi connectivity index (χ4v) is 7.12. The zero-order chi connectivity index (χ0) is 24.4. The molecule has 7 rings (SSSR count). The Morgan fingerprint density at radius 1 is 0.556 bits per heavy atom. The van der Waals surface area contributed by atoms with Crippen LogP contribution in [0.5, 0.6) is 0 Å². The summed E-state index contributed by atoms with van der Waals surface area (Å²) >= 11 is 0. The molecule has 2 aliphatic rings. The summed E-state index contributed by atoms with van der Waals surface area (Å²) in [6, 6.07) is 39.4. The van der Waals surface area contributed by atoms with Crippen LogP contribution >= 0.6 is 0 Å². The quantitative estimate of drug-likeness (QED) is 0.242. The monoisotopic (exact) mass is 462 g/mol. The first-order chi connectivity index (χ1) is 17.6. The first-order valence-corrected chi connectivity index (χ1v) is 13.0. The minimum Gasteiger partial charge on any atom is -0.0620 e. The van der Waals surface area contributed by atoms with Gasteiger partial charge < -0.3 is 0 Å². The van der Waals surface area contributed by atoms with Gasteiger partial charge >= 0.3 is 0 Å². The molecule has 174 valence electrons. The summed E-state index contributed by atoms with van der Waals surface area (Å²) < 4.78 is 0. The van der Waals surface area contributed by atoms with E-state index in [-0.39, 0.29) is 5.41 Å². The van der Waals surface area contributed by atoms with Crippen molar-refractivity contribution in [2.75, 3.05) is 0 Å². The van der Waals surface area contributed by atoms with Crippen molar-refractivity contribution in [1.82, 2.24) is 0 Å². The largest absolute Gasteiger partial charge is 0.0719 e. The van der Waals surface area contributed by atoms with E-state index in [1.54, 1.807) is 0 Å². The molecule has 0 saturated heterocycles. The van der Waals surface area contributed by atoms with Gasteiger partial charge in [-0.05, 0) is 89.2 Å². The van der Waals surface area contributed by atoms with Crippen LogP contribution in [0.2, 0.25) is 0 Å². The van der Waals surface area contributed by atoms with E-state index in [0.29, 0.717) is 0 Å². The molecule has 0 nitrogen and oxygen atoms in total. The molecule has 0 N–H and O–H groups in total. The molecule has 0 radical (unpaired) electrons. The Hall–Kier alpha value is -3.90. The summed E-state index contributed by atoms with van der Waals surface area (Å²) in [6.45, 7) is 6.63. The third-order valence-corrected chi connectivity index (χ3v) is 8.30. The smallest absolute Gasteiger partial charge is 0.0620 e. The predicted octanol–water partition coefficient (Wildman–Crippen LogP) is 8.47. The van der Waals surface area contributed by atoms with Gasteiger partial charge in [-0.25, -0.2) is 0 Å². The van der Waals surface area contributed by atoms with E-state index in [4.69, 9.17) is 0 Å². The maximum absolute atomic E-state index is 2.42. The van der Waals surface area contributed by atoms with E-state index < -0.39 is 0 Å². The van der Waals surface area contributed by atoms with E-state index in [1.165, 1.54) is 72.3 Å². The van der Waals surface area contributed by atoms with Crippen molar-refractivity contribution in [2.24, 2.45) is 0 Å². The SMILES string of the molecule is Cc1cc(C)cc(Cc2cccc3c2-c2cc(C)ccc2C32c3ccccc3Cc3ccccc32)c1. The van der Waals surface area contributed by atoms with Crippen LogP contribution in [0.1, 0.15) is 61.2 Å². The summed E-state index contributed by atoms with van der Waals surface area (Å²) in [4.78, 5) is 0. The maximum Gasteiger partial charge on any atom is 0.0719 e. The third kappa shape index (κ3) is 2.94. The lowest BCUT2D eigenvalue weighted by atomic mass is 9.61. The van der Waals surface area contributed by atoms with E-state index in [1.807, 2.05) is 0 Å². The molecule has 0 unspecified atom stereocenters. The van der Waals surface area contributed by atoms with Crippen molar-refractivity contribution >= 4 is 0 Å². The first-order valence-electron chi connectivity index (χ1n) is 13.0. The van der Waals surface area contributed by atoms with Crippen molar-refractivity contribution in [1.29, 1.82) is 0 Å². The van der Waals surface area contributed by atoms with Gasteiger partial charge in [-0.2, -0.15) is 0 Å². The van der Waals surface area contributed by atoms with Crippen LogP contribution in [0.3, 0.4) is 0 Å². The van der Waals surface area contributed by atoms with Gasteiger partial charge in [-0.1, -0.05) is 120 Å². The molecule has 0 saturated carbocycles. The fraction of sp³-hybridized carbons (Fsp3) is 0.167. The van der Waals surface area contributed by atoms with Gasteiger partial charge in [0.15, 0.2) is 0 Å². The van der Waals surface area contributed by atoms with Crippen LogP contribution in [-0.4, -0.2) is 0 Å². The highest BCUT2D eigenvalue weighted by molar-refractivity contribution is 5.90. The van der Waals surface area contributed by atoms with Crippen LogP contribution in [0.4, 0.5) is 0 Å². The molecule has 0 bridgehead atoms.